The molecule has 0 saturated heterocycles. The van der Waals surface area contributed by atoms with Gasteiger partial charge in [-0.1, -0.05) is 19.9 Å². The summed E-state index contributed by atoms with van der Waals surface area (Å²) in [5, 5.41) is 10.5. The van der Waals surface area contributed by atoms with E-state index < -0.39 is 16.4 Å². The maximum absolute atomic E-state index is 13.5. The van der Waals surface area contributed by atoms with Gasteiger partial charge in [-0.25, -0.2) is 4.98 Å². The van der Waals surface area contributed by atoms with Gasteiger partial charge in [0.15, 0.2) is 0 Å². The van der Waals surface area contributed by atoms with Crippen LogP contribution in [0.2, 0.25) is 0 Å². The molecule has 0 aliphatic carbocycles. The van der Waals surface area contributed by atoms with Crippen LogP contribution in [0.3, 0.4) is 0 Å². The van der Waals surface area contributed by atoms with E-state index in [1.54, 1.807) is 12.3 Å². The van der Waals surface area contributed by atoms with Gasteiger partial charge in [0, 0.05) is 30.9 Å². The predicted octanol–water partition coefficient (Wildman–Crippen LogP) is 3.10. The zero-order chi connectivity index (χ0) is 14.0. The van der Waals surface area contributed by atoms with Crippen LogP contribution in [0.5, 0.6) is 0 Å². The van der Waals surface area contributed by atoms with Crippen molar-refractivity contribution in [3.63, 3.8) is 0 Å². The van der Waals surface area contributed by atoms with Gasteiger partial charge in [-0.3, -0.25) is 10.1 Å². The molecule has 0 atom stereocenters. The fourth-order valence-electron chi connectivity index (χ4n) is 1.95. The molecule has 0 saturated carbocycles. The molecule has 0 fully saturated rings. The predicted molar refractivity (Wildman–Crippen MR) is 68.5 cm³/mol. The van der Waals surface area contributed by atoms with E-state index in [2.05, 4.69) is 4.98 Å². The average Bonchev–Trinajstić information content (AvgIpc) is 2.76. The Morgan fingerprint density at radius 3 is 2.79 bits per heavy atom. The second kappa shape index (κ2) is 5.17. The molecule has 2 aromatic rings. The quantitative estimate of drug-likeness (QED) is 0.629. The Hall–Kier alpha value is -2.24. The van der Waals surface area contributed by atoms with E-state index in [0.29, 0.717) is 12.1 Å². The summed E-state index contributed by atoms with van der Waals surface area (Å²) >= 11 is 0. The molecule has 0 bridgehead atoms. The van der Waals surface area contributed by atoms with Crippen molar-refractivity contribution < 1.29 is 9.31 Å². The Morgan fingerprint density at radius 1 is 1.47 bits per heavy atom. The summed E-state index contributed by atoms with van der Waals surface area (Å²) in [4.78, 5) is 14.1. The summed E-state index contributed by atoms with van der Waals surface area (Å²) in [7, 11) is 0. The minimum Gasteiger partial charge on any atom is -0.330 e. The molecule has 5 nitrogen and oxygen atoms in total. The van der Waals surface area contributed by atoms with E-state index >= 15 is 0 Å². The van der Waals surface area contributed by atoms with Gasteiger partial charge in [-0.2, -0.15) is 4.39 Å². The summed E-state index contributed by atoms with van der Waals surface area (Å²) in [6, 6.07) is 3.95. The van der Waals surface area contributed by atoms with Crippen LogP contribution in [-0.4, -0.2) is 14.5 Å². The Balaban J connectivity index is 2.27. The highest BCUT2D eigenvalue weighted by Crippen LogP contribution is 2.20. The zero-order valence-electron chi connectivity index (χ0n) is 10.7. The smallest absolute Gasteiger partial charge is 0.304 e. The Morgan fingerprint density at radius 2 is 2.21 bits per heavy atom. The Labute approximate surface area is 109 Å². The highest BCUT2D eigenvalue weighted by atomic mass is 19.1. The standard InChI is InChI=1S/C13H14FN3O2/c1-9(2)13-15-5-6-16(13)8-10-3-4-12(17(18)19)11(14)7-10/h3-7,9H,8H2,1-2H3. The van der Waals surface area contributed by atoms with Gasteiger partial charge in [0.05, 0.1) is 4.92 Å². The third-order valence-electron chi connectivity index (χ3n) is 2.83. The molecule has 0 spiro atoms. The maximum atomic E-state index is 13.5. The third-order valence-corrected chi connectivity index (χ3v) is 2.83. The Bertz CT molecular complexity index is 608. The maximum Gasteiger partial charge on any atom is 0.304 e. The molecular formula is C13H14FN3O2. The summed E-state index contributed by atoms with van der Waals surface area (Å²) in [5.74, 6) is 0.352. The zero-order valence-corrected chi connectivity index (χ0v) is 10.7. The molecule has 19 heavy (non-hydrogen) atoms. The fraction of sp³-hybridized carbons (Fsp3) is 0.308. The van der Waals surface area contributed by atoms with Gasteiger partial charge in [-0.05, 0) is 11.6 Å². The van der Waals surface area contributed by atoms with Crippen LogP contribution in [0.25, 0.3) is 0 Å². The number of rotatable bonds is 4. The second-order valence-corrected chi connectivity index (χ2v) is 4.61. The molecule has 0 radical (unpaired) electrons. The lowest BCUT2D eigenvalue weighted by Gasteiger charge is -2.10. The van der Waals surface area contributed by atoms with Crippen molar-refractivity contribution >= 4 is 5.69 Å². The molecule has 0 amide bonds. The number of hydrogen-bond donors (Lipinski definition) is 0. The fourth-order valence-corrected chi connectivity index (χ4v) is 1.95. The number of halogens is 1. The van der Waals surface area contributed by atoms with Crippen LogP contribution >= 0.6 is 0 Å². The second-order valence-electron chi connectivity index (χ2n) is 4.61. The lowest BCUT2D eigenvalue weighted by atomic mass is 10.1. The van der Waals surface area contributed by atoms with Crippen LogP contribution in [0.1, 0.15) is 31.2 Å². The van der Waals surface area contributed by atoms with Crippen LogP contribution in [0.4, 0.5) is 10.1 Å². The van der Waals surface area contributed by atoms with Gasteiger partial charge in [0.2, 0.25) is 5.82 Å². The number of benzene rings is 1. The third kappa shape index (κ3) is 2.78. The molecule has 1 aromatic heterocycles. The lowest BCUT2D eigenvalue weighted by molar-refractivity contribution is -0.387. The normalized spacial score (nSPS) is 10.9. The Kier molecular flexibility index (Phi) is 3.59. The van der Waals surface area contributed by atoms with Crippen molar-refractivity contribution in [3.05, 3.63) is 57.9 Å². The summed E-state index contributed by atoms with van der Waals surface area (Å²) in [5.41, 5.74) is 0.168. The first-order valence-electron chi connectivity index (χ1n) is 5.93. The van der Waals surface area contributed by atoms with Crippen LogP contribution in [-0.2, 0) is 6.54 Å². The van der Waals surface area contributed by atoms with Crippen molar-refractivity contribution in [1.29, 1.82) is 0 Å². The van der Waals surface area contributed by atoms with E-state index in [-0.39, 0.29) is 5.92 Å². The molecule has 100 valence electrons. The van der Waals surface area contributed by atoms with E-state index in [1.807, 2.05) is 24.6 Å². The SMILES string of the molecule is CC(C)c1nccn1Cc1ccc([N+](=O)[O-])c(F)c1. The van der Waals surface area contributed by atoms with Gasteiger partial charge >= 0.3 is 5.69 Å². The monoisotopic (exact) mass is 263 g/mol. The first-order valence-corrected chi connectivity index (χ1v) is 5.93. The minimum absolute atomic E-state index is 0.262. The number of aromatic nitrogens is 2. The number of imidazole rings is 1. The number of nitro groups is 1. The number of nitro benzene ring substituents is 1. The number of hydrogen-bond acceptors (Lipinski definition) is 3. The largest absolute Gasteiger partial charge is 0.330 e. The van der Waals surface area contributed by atoms with Crippen molar-refractivity contribution in [2.45, 2.75) is 26.3 Å². The highest BCUT2D eigenvalue weighted by molar-refractivity contribution is 5.35. The molecule has 0 aliphatic heterocycles. The molecular weight excluding hydrogens is 249 g/mol. The van der Waals surface area contributed by atoms with Crippen LogP contribution in [0, 0.1) is 15.9 Å². The lowest BCUT2D eigenvalue weighted by Crippen LogP contribution is -2.06. The summed E-state index contributed by atoms with van der Waals surface area (Å²) in [6.45, 7) is 4.49. The van der Waals surface area contributed by atoms with Gasteiger partial charge in [-0.15, -0.1) is 0 Å². The molecule has 1 aromatic carbocycles. The van der Waals surface area contributed by atoms with Crippen molar-refractivity contribution in [2.24, 2.45) is 0 Å². The van der Waals surface area contributed by atoms with Crippen molar-refractivity contribution in [1.82, 2.24) is 9.55 Å². The summed E-state index contributed by atoms with van der Waals surface area (Å²) < 4.78 is 15.4. The molecule has 1 heterocycles. The van der Waals surface area contributed by atoms with E-state index in [0.717, 1.165) is 5.82 Å². The highest BCUT2D eigenvalue weighted by Gasteiger charge is 2.14. The van der Waals surface area contributed by atoms with Crippen molar-refractivity contribution in [3.8, 4) is 0 Å². The topological polar surface area (TPSA) is 61.0 Å². The van der Waals surface area contributed by atoms with E-state index in [1.165, 1.54) is 12.1 Å². The van der Waals surface area contributed by atoms with Crippen LogP contribution < -0.4 is 0 Å². The van der Waals surface area contributed by atoms with Gasteiger partial charge in [0.25, 0.3) is 0 Å². The van der Waals surface area contributed by atoms with Gasteiger partial charge in [0.1, 0.15) is 5.82 Å². The van der Waals surface area contributed by atoms with Crippen molar-refractivity contribution in [2.75, 3.05) is 0 Å². The molecule has 0 unspecified atom stereocenters. The number of nitrogens with zero attached hydrogens (tertiary/aromatic N) is 3. The minimum atomic E-state index is -0.811. The molecule has 6 heteroatoms. The van der Waals surface area contributed by atoms with Crippen LogP contribution in [0.15, 0.2) is 30.6 Å². The summed E-state index contributed by atoms with van der Waals surface area (Å²) in [6.07, 6.45) is 3.51. The molecule has 0 N–H and O–H groups in total. The first kappa shape index (κ1) is 13.2. The molecule has 0 aliphatic rings. The molecule has 2 rings (SSSR count). The van der Waals surface area contributed by atoms with E-state index in [9.17, 15) is 14.5 Å². The van der Waals surface area contributed by atoms with E-state index in [4.69, 9.17) is 0 Å². The van der Waals surface area contributed by atoms with Gasteiger partial charge < -0.3 is 4.57 Å². The first-order chi connectivity index (χ1) is 8.99. The average molecular weight is 263 g/mol.